The first kappa shape index (κ1) is 67.4. The van der Waals surface area contributed by atoms with Crippen LogP contribution >= 0.6 is 0 Å². The highest BCUT2D eigenvalue weighted by Crippen LogP contribution is 2.77. The number of esters is 1. The first-order valence-corrected chi connectivity index (χ1v) is 31.1. The summed E-state index contributed by atoms with van der Waals surface area (Å²) in [5.74, 6) is -1.36. The SMILES string of the molecule is C[C@@H]1O[C@@H](O[C@H]2[C@H](O[C@H]3CC[C@]4(C)[C@H]5CC[C@@H]6[C@H]7[C@](C(=O)O[C@@H]8O[C@H](CO)[C@@H](O)[C@H](O)[C@H]8O)(CC[C@@H](C)[C@@]7(C)O)CC[C@@]6(C)[C@]5(C)CC[C@H]4C3(C)C)OC[C@H](O)[C@@H]2O[C@@H]2O[C@H](CO)[C@@H](O)[C@H](O)[C@H]2O[C@@H]2O[C@H](CO)[C@@H](O)[C@H](O)[C@H]2O)[C@H](O)[C@H](O)[C@H]1O. The molecule has 0 aromatic carbocycles. The zero-order valence-corrected chi connectivity index (χ0v) is 50.4. The summed E-state index contributed by atoms with van der Waals surface area (Å²) >= 11 is 0. The van der Waals surface area contributed by atoms with Gasteiger partial charge in [-0.2, -0.15) is 0 Å². The highest BCUT2D eigenvalue weighted by atomic mass is 16.8. The molecule has 10 rings (SSSR count). The molecule has 5 aliphatic heterocycles. The summed E-state index contributed by atoms with van der Waals surface area (Å²) in [6, 6.07) is 0. The number of aliphatic hydroxyl groups is 16. The second-order valence-corrected chi connectivity index (χ2v) is 28.7. The molecule has 27 heteroatoms. The van der Waals surface area contributed by atoms with E-state index in [4.69, 9.17) is 47.4 Å². The molecule has 10 fully saturated rings. The van der Waals surface area contributed by atoms with E-state index < -0.39 is 214 Å². The number of aliphatic hydroxyl groups excluding tert-OH is 15. The highest BCUT2D eigenvalue weighted by molar-refractivity contribution is 5.78. The van der Waals surface area contributed by atoms with Gasteiger partial charge in [-0.25, -0.2) is 0 Å². The molecule has 0 aromatic rings. The largest absolute Gasteiger partial charge is 0.432 e. The Labute approximate surface area is 500 Å². The molecule has 27 nitrogen and oxygen atoms in total. The normalized spacial score (nSPS) is 56.6. The number of hydrogen-bond donors (Lipinski definition) is 16. The van der Waals surface area contributed by atoms with Crippen molar-refractivity contribution in [1.29, 1.82) is 0 Å². The molecule has 0 bridgehead atoms. The van der Waals surface area contributed by atoms with Gasteiger partial charge in [0.05, 0.1) is 49.7 Å². The second kappa shape index (κ2) is 24.7. The molecule has 496 valence electrons. The summed E-state index contributed by atoms with van der Waals surface area (Å²) in [6.45, 7) is 13.8. The molecule has 10 aliphatic rings. The van der Waals surface area contributed by atoms with Gasteiger partial charge >= 0.3 is 5.97 Å². The van der Waals surface area contributed by atoms with Crippen LogP contribution in [0.4, 0.5) is 0 Å². The summed E-state index contributed by atoms with van der Waals surface area (Å²) in [6.07, 6.45) is -35.0. The zero-order chi connectivity index (χ0) is 62.9. The molecule has 0 radical (unpaired) electrons. The molecule has 5 saturated heterocycles. The van der Waals surface area contributed by atoms with Gasteiger partial charge in [0.1, 0.15) is 110 Å². The number of hydrogen-bond acceptors (Lipinski definition) is 27. The Hall–Kier alpha value is -1.53. The van der Waals surface area contributed by atoms with Crippen LogP contribution in [0.1, 0.15) is 120 Å². The molecule has 5 heterocycles. The van der Waals surface area contributed by atoms with E-state index in [0.29, 0.717) is 44.9 Å². The molecule has 35 atom stereocenters. The zero-order valence-electron chi connectivity index (χ0n) is 50.4. The summed E-state index contributed by atoms with van der Waals surface area (Å²) < 4.78 is 61.4. The predicted octanol–water partition coefficient (Wildman–Crippen LogP) is -3.49. The second-order valence-electron chi connectivity index (χ2n) is 28.7. The van der Waals surface area contributed by atoms with Crippen LogP contribution in [0, 0.1) is 56.7 Å². The Balaban J connectivity index is 0.913. The molecule has 86 heavy (non-hydrogen) atoms. The minimum Gasteiger partial charge on any atom is -0.432 e. The molecular weight excluding hydrogens is 1140 g/mol. The first-order valence-electron chi connectivity index (χ1n) is 31.1. The third-order valence-corrected chi connectivity index (χ3v) is 24.1. The summed E-state index contributed by atoms with van der Waals surface area (Å²) in [7, 11) is 0. The summed E-state index contributed by atoms with van der Waals surface area (Å²) in [4.78, 5) is 15.0. The molecule has 16 N–H and O–H groups in total. The van der Waals surface area contributed by atoms with E-state index in [2.05, 4.69) is 34.6 Å². The smallest absolute Gasteiger partial charge is 0.314 e. The lowest BCUT2D eigenvalue weighted by atomic mass is 9.31. The average Bonchev–Trinajstić information content (AvgIpc) is 0.696. The van der Waals surface area contributed by atoms with Crippen LogP contribution in [0.3, 0.4) is 0 Å². The van der Waals surface area contributed by atoms with E-state index in [-0.39, 0.29) is 34.5 Å². The molecule has 0 amide bonds. The summed E-state index contributed by atoms with van der Waals surface area (Å²) in [5.41, 5.74) is -4.10. The van der Waals surface area contributed by atoms with E-state index in [1.165, 1.54) is 6.92 Å². The minimum atomic E-state index is -1.98. The number of fused-ring (bicyclic) bond motifs is 7. The Kier molecular flexibility index (Phi) is 19.4. The Morgan fingerprint density at radius 2 is 1.01 bits per heavy atom. The standard InChI is InChI=1S/C59H98O27/c1-23-11-16-59(53(75)86-50-43(74)39(70)35(66)28(20-61)80-50)18-17-56(6)25(47(59)58(23,8)76)9-10-31-55(5)14-13-32(54(3,4)30(55)12-15-57(31,56)7)82-51-46(85-48-41(72)37(68)33(64)24(2)78-48)44(26(63)22-77-51)83-52-45(40(71)36(67)29(21-62)81-52)84-49-42(73)38(69)34(65)27(19-60)79-49/h23-52,60-74,76H,9-22H2,1-8H3/t23-,24+,25-,26+,27-,28-,29-,30+,31-,32+,33+,34-,35-,36-,37-,38+,39+,40+,41-,42-,43-,44+,45-,46-,47-,48+,49+,50+,51+,52+,55+,56-,57-,58-,59+/m1/s1. The highest BCUT2D eigenvalue weighted by Gasteiger charge is 2.74. The maximum Gasteiger partial charge on any atom is 0.314 e. The van der Waals surface area contributed by atoms with Crippen LogP contribution in [-0.2, 0) is 52.2 Å². The van der Waals surface area contributed by atoms with Crippen LogP contribution in [-0.4, -0.2) is 273 Å². The number of carbonyl (C=O) groups excluding carboxylic acids is 1. The van der Waals surface area contributed by atoms with Crippen LogP contribution in [0.25, 0.3) is 0 Å². The Bertz CT molecular complexity index is 2330. The van der Waals surface area contributed by atoms with Gasteiger partial charge in [-0.3, -0.25) is 4.79 Å². The van der Waals surface area contributed by atoms with Crippen molar-refractivity contribution in [3.05, 3.63) is 0 Å². The van der Waals surface area contributed by atoms with Gasteiger partial charge in [-0.15, -0.1) is 0 Å². The fraction of sp³-hybridized carbons (Fsp3) is 0.983. The molecule has 0 spiro atoms. The third-order valence-electron chi connectivity index (χ3n) is 24.1. The fourth-order valence-corrected chi connectivity index (χ4v) is 18.7. The van der Waals surface area contributed by atoms with Crippen LogP contribution in [0.5, 0.6) is 0 Å². The fourth-order valence-electron chi connectivity index (χ4n) is 18.7. The van der Waals surface area contributed by atoms with E-state index in [1.807, 2.05) is 13.8 Å². The van der Waals surface area contributed by atoms with Crippen LogP contribution < -0.4 is 0 Å². The minimum absolute atomic E-state index is 0.0295. The lowest BCUT2D eigenvalue weighted by molar-refractivity contribution is -0.401. The molecule has 0 unspecified atom stereocenters. The lowest BCUT2D eigenvalue weighted by Crippen LogP contribution is -2.71. The van der Waals surface area contributed by atoms with Crippen LogP contribution in [0.15, 0.2) is 0 Å². The molecule has 5 aliphatic carbocycles. The topological polar surface area (TPSA) is 433 Å². The predicted molar refractivity (Wildman–Crippen MR) is 289 cm³/mol. The quantitative estimate of drug-likeness (QED) is 0.0629. The van der Waals surface area contributed by atoms with Gasteiger partial charge in [-0.1, -0.05) is 41.5 Å². The van der Waals surface area contributed by atoms with Crippen molar-refractivity contribution in [2.75, 3.05) is 26.4 Å². The monoisotopic (exact) mass is 1240 g/mol. The Morgan fingerprint density at radius 1 is 0.477 bits per heavy atom. The number of ether oxygens (including phenoxy) is 10. The molecule has 0 aromatic heterocycles. The molecule has 5 saturated carbocycles. The number of rotatable bonds is 13. The van der Waals surface area contributed by atoms with E-state index in [0.717, 1.165) is 19.3 Å². The van der Waals surface area contributed by atoms with Crippen molar-refractivity contribution < 1.29 is 134 Å². The van der Waals surface area contributed by atoms with Gasteiger partial charge in [0.25, 0.3) is 0 Å². The van der Waals surface area contributed by atoms with Crippen molar-refractivity contribution >= 4 is 5.97 Å². The van der Waals surface area contributed by atoms with Gasteiger partial charge in [-0.05, 0) is 123 Å². The van der Waals surface area contributed by atoms with Gasteiger partial charge in [0.15, 0.2) is 25.2 Å². The van der Waals surface area contributed by atoms with Crippen molar-refractivity contribution in [3.63, 3.8) is 0 Å². The van der Waals surface area contributed by atoms with Gasteiger partial charge in [0, 0.05) is 5.92 Å². The molecular formula is C59H98O27. The van der Waals surface area contributed by atoms with E-state index >= 15 is 0 Å². The van der Waals surface area contributed by atoms with Gasteiger partial charge in [0.2, 0.25) is 6.29 Å². The van der Waals surface area contributed by atoms with Gasteiger partial charge < -0.3 is 129 Å². The third kappa shape index (κ3) is 10.9. The first-order chi connectivity index (χ1) is 40.3. The van der Waals surface area contributed by atoms with Crippen molar-refractivity contribution in [2.45, 2.75) is 279 Å². The maximum atomic E-state index is 15.0. The van der Waals surface area contributed by atoms with Crippen molar-refractivity contribution in [2.24, 2.45) is 56.7 Å². The summed E-state index contributed by atoms with van der Waals surface area (Å²) in [5, 5.41) is 175. The van der Waals surface area contributed by atoms with E-state index in [1.54, 1.807) is 0 Å². The average molecular weight is 1240 g/mol. The number of carbonyl (C=O) groups is 1. The lowest BCUT2D eigenvalue weighted by Gasteiger charge is -2.74. The van der Waals surface area contributed by atoms with Crippen molar-refractivity contribution in [3.8, 4) is 0 Å². The van der Waals surface area contributed by atoms with Crippen molar-refractivity contribution in [1.82, 2.24) is 0 Å². The maximum absolute atomic E-state index is 15.0. The van der Waals surface area contributed by atoms with E-state index in [9.17, 15) is 86.5 Å². The Morgan fingerprint density at radius 3 is 1.63 bits per heavy atom. The van der Waals surface area contributed by atoms with Crippen LogP contribution in [0.2, 0.25) is 0 Å².